The number of non-ortho nitro benzene ring substituents is 1. The van der Waals surface area contributed by atoms with E-state index >= 15 is 0 Å². The Kier molecular flexibility index (Phi) is 6.03. The zero-order chi connectivity index (χ0) is 22.0. The highest BCUT2D eigenvalue weighted by Crippen LogP contribution is 2.34. The average molecular weight is 427 g/mol. The van der Waals surface area contributed by atoms with Gasteiger partial charge in [-0.3, -0.25) is 14.9 Å². The fraction of sp³-hybridized carbons (Fsp3) is 0.182. The standard InChI is InChI=1S/C22H19ClN2O5/c1-13-4-6-15(7-5-13)12-24-14(2)20(22(27)30-3)18(21(24)26)11-16-10-17(25(28)29)8-9-19(16)23/h4-11H,12H2,1-3H3/b18-11-. The number of nitro groups is 1. The minimum Gasteiger partial charge on any atom is -0.465 e. The first-order valence-electron chi connectivity index (χ1n) is 9.05. The van der Waals surface area contributed by atoms with Crippen LogP contribution in [0.1, 0.15) is 23.6 Å². The van der Waals surface area contributed by atoms with Gasteiger partial charge in [-0.15, -0.1) is 0 Å². The number of allylic oxidation sites excluding steroid dienone is 1. The van der Waals surface area contributed by atoms with Gasteiger partial charge in [-0.25, -0.2) is 4.79 Å². The van der Waals surface area contributed by atoms with Gasteiger partial charge >= 0.3 is 5.97 Å². The number of hydrogen-bond acceptors (Lipinski definition) is 5. The molecule has 0 unspecified atom stereocenters. The van der Waals surface area contributed by atoms with Crippen LogP contribution in [0, 0.1) is 17.0 Å². The van der Waals surface area contributed by atoms with Gasteiger partial charge in [0.25, 0.3) is 11.6 Å². The van der Waals surface area contributed by atoms with Gasteiger partial charge in [-0.05, 0) is 31.6 Å². The van der Waals surface area contributed by atoms with Crippen LogP contribution in [0.3, 0.4) is 0 Å². The molecule has 0 saturated heterocycles. The topological polar surface area (TPSA) is 89.8 Å². The van der Waals surface area contributed by atoms with E-state index in [2.05, 4.69) is 0 Å². The average Bonchev–Trinajstić information content (AvgIpc) is 2.94. The third-order valence-electron chi connectivity index (χ3n) is 4.85. The lowest BCUT2D eigenvalue weighted by Gasteiger charge is -2.18. The van der Waals surface area contributed by atoms with Gasteiger partial charge < -0.3 is 9.64 Å². The SMILES string of the molecule is COC(=O)C1=C(C)N(Cc2ccc(C)cc2)C(=O)/C1=C\c1cc([N+](=O)[O-])ccc1Cl. The third kappa shape index (κ3) is 4.11. The molecule has 1 aliphatic rings. The molecular formula is C22H19ClN2O5. The summed E-state index contributed by atoms with van der Waals surface area (Å²) >= 11 is 6.18. The number of halogens is 1. The molecule has 30 heavy (non-hydrogen) atoms. The van der Waals surface area contributed by atoms with Crippen LogP contribution in [-0.4, -0.2) is 28.8 Å². The maximum absolute atomic E-state index is 13.2. The summed E-state index contributed by atoms with van der Waals surface area (Å²) in [7, 11) is 1.23. The van der Waals surface area contributed by atoms with Crippen molar-refractivity contribution in [3.05, 3.63) is 91.1 Å². The molecule has 1 aliphatic heterocycles. The number of esters is 1. The monoisotopic (exact) mass is 426 g/mol. The van der Waals surface area contributed by atoms with Crippen LogP contribution in [0.25, 0.3) is 6.08 Å². The second-order valence-electron chi connectivity index (χ2n) is 6.85. The fourth-order valence-corrected chi connectivity index (χ4v) is 3.38. The van der Waals surface area contributed by atoms with Crippen molar-refractivity contribution in [2.75, 3.05) is 7.11 Å². The molecule has 0 N–H and O–H groups in total. The summed E-state index contributed by atoms with van der Waals surface area (Å²) in [5.41, 5.74) is 2.71. The predicted octanol–water partition coefficient (Wildman–Crippen LogP) is 4.43. The van der Waals surface area contributed by atoms with Crippen molar-refractivity contribution in [2.24, 2.45) is 0 Å². The Balaban J connectivity index is 2.07. The number of rotatable bonds is 5. The summed E-state index contributed by atoms with van der Waals surface area (Å²) in [5.74, 6) is -1.07. The molecule has 2 aromatic rings. The number of carbonyl (C=O) groups is 2. The molecule has 0 bridgehead atoms. The van der Waals surface area contributed by atoms with Crippen molar-refractivity contribution in [3.8, 4) is 0 Å². The molecule has 8 heteroatoms. The summed E-state index contributed by atoms with van der Waals surface area (Å²) in [4.78, 5) is 37.6. The second-order valence-corrected chi connectivity index (χ2v) is 7.26. The number of amides is 1. The first-order chi connectivity index (χ1) is 14.2. The Morgan fingerprint density at radius 2 is 1.87 bits per heavy atom. The molecule has 3 rings (SSSR count). The third-order valence-corrected chi connectivity index (χ3v) is 5.20. The van der Waals surface area contributed by atoms with E-state index in [0.29, 0.717) is 5.70 Å². The minimum atomic E-state index is -0.667. The number of aryl methyl sites for hydroxylation is 1. The van der Waals surface area contributed by atoms with Crippen LogP contribution in [0.5, 0.6) is 0 Å². The number of hydrogen-bond donors (Lipinski definition) is 0. The van der Waals surface area contributed by atoms with Crippen LogP contribution in [0.15, 0.2) is 59.3 Å². The van der Waals surface area contributed by atoms with E-state index in [1.807, 2.05) is 31.2 Å². The van der Waals surface area contributed by atoms with Gasteiger partial charge in [-0.1, -0.05) is 41.4 Å². The first-order valence-corrected chi connectivity index (χ1v) is 9.43. The summed E-state index contributed by atoms with van der Waals surface area (Å²) in [5, 5.41) is 11.3. The summed E-state index contributed by atoms with van der Waals surface area (Å²) in [6.07, 6.45) is 1.39. The number of methoxy groups -OCH3 is 1. The van der Waals surface area contributed by atoms with Crippen molar-refractivity contribution in [1.29, 1.82) is 0 Å². The smallest absolute Gasteiger partial charge is 0.340 e. The number of nitrogens with zero attached hydrogens (tertiary/aromatic N) is 2. The largest absolute Gasteiger partial charge is 0.465 e. The predicted molar refractivity (Wildman–Crippen MR) is 113 cm³/mol. The summed E-state index contributed by atoms with van der Waals surface area (Å²) in [6, 6.07) is 11.6. The molecule has 7 nitrogen and oxygen atoms in total. The summed E-state index contributed by atoms with van der Waals surface area (Å²) < 4.78 is 4.87. The van der Waals surface area contributed by atoms with Crippen LogP contribution >= 0.6 is 11.6 Å². The van der Waals surface area contributed by atoms with E-state index in [1.54, 1.807) is 6.92 Å². The van der Waals surface area contributed by atoms with Gasteiger partial charge in [-0.2, -0.15) is 0 Å². The highest BCUT2D eigenvalue weighted by atomic mass is 35.5. The molecular weight excluding hydrogens is 408 g/mol. The Morgan fingerprint density at radius 3 is 2.47 bits per heavy atom. The molecule has 2 aromatic carbocycles. The lowest BCUT2D eigenvalue weighted by molar-refractivity contribution is -0.384. The number of benzene rings is 2. The van der Waals surface area contributed by atoms with E-state index in [1.165, 1.54) is 36.3 Å². The molecule has 0 fully saturated rings. The lowest BCUT2D eigenvalue weighted by atomic mass is 10.0. The molecule has 0 aliphatic carbocycles. The van der Waals surface area contributed by atoms with Crippen molar-refractivity contribution in [1.82, 2.24) is 4.90 Å². The molecule has 0 atom stereocenters. The summed E-state index contributed by atoms with van der Waals surface area (Å²) in [6.45, 7) is 3.90. The minimum absolute atomic E-state index is 0.0776. The van der Waals surface area contributed by atoms with Gasteiger partial charge in [0.1, 0.15) is 0 Å². The van der Waals surface area contributed by atoms with Gasteiger partial charge in [0.2, 0.25) is 0 Å². The van der Waals surface area contributed by atoms with Crippen LogP contribution < -0.4 is 0 Å². The maximum atomic E-state index is 13.2. The van der Waals surface area contributed by atoms with Crippen molar-refractivity contribution < 1.29 is 19.2 Å². The Labute approximate surface area is 178 Å². The zero-order valence-corrected chi connectivity index (χ0v) is 17.4. The van der Waals surface area contributed by atoms with Gasteiger partial charge in [0.05, 0.1) is 29.7 Å². The van der Waals surface area contributed by atoms with Crippen molar-refractivity contribution in [3.63, 3.8) is 0 Å². The fourth-order valence-electron chi connectivity index (χ4n) is 3.21. The van der Waals surface area contributed by atoms with E-state index in [-0.39, 0.29) is 34.0 Å². The Hall–Kier alpha value is -3.45. The molecule has 0 saturated carbocycles. The van der Waals surface area contributed by atoms with E-state index < -0.39 is 16.8 Å². The molecule has 0 spiro atoms. The number of carbonyl (C=O) groups excluding carboxylic acids is 2. The van der Waals surface area contributed by atoms with Crippen LogP contribution in [0.2, 0.25) is 5.02 Å². The molecule has 1 heterocycles. The molecule has 0 radical (unpaired) electrons. The van der Waals surface area contributed by atoms with Gasteiger partial charge in [0, 0.05) is 28.4 Å². The highest BCUT2D eigenvalue weighted by Gasteiger charge is 2.37. The first kappa shape index (κ1) is 21.3. The second kappa shape index (κ2) is 8.51. The van der Waals surface area contributed by atoms with Crippen molar-refractivity contribution in [2.45, 2.75) is 20.4 Å². The van der Waals surface area contributed by atoms with Crippen LogP contribution in [0.4, 0.5) is 5.69 Å². The Morgan fingerprint density at radius 1 is 1.20 bits per heavy atom. The van der Waals surface area contributed by atoms with E-state index in [9.17, 15) is 19.7 Å². The van der Waals surface area contributed by atoms with Gasteiger partial charge in [0.15, 0.2) is 0 Å². The molecule has 1 amide bonds. The quantitative estimate of drug-likeness (QED) is 0.305. The normalized spacial score (nSPS) is 15.1. The number of ether oxygens (including phenoxy) is 1. The lowest BCUT2D eigenvalue weighted by Crippen LogP contribution is -2.24. The zero-order valence-electron chi connectivity index (χ0n) is 16.6. The maximum Gasteiger partial charge on any atom is 0.340 e. The van der Waals surface area contributed by atoms with Crippen molar-refractivity contribution >= 4 is 35.2 Å². The highest BCUT2D eigenvalue weighted by molar-refractivity contribution is 6.32. The van der Waals surface area contributed by atoms with E-state index in [0.717, 1.165) is 11.1 Å². The molecule has 0 aromatic heterocycles. The molecule has 154 valence electrons. The van der Waals surface area contributed by atoms with E-state index in [4.69, 9.17) is 16.3 Å². The number of nitro benzene ring substituents is 1. The Bertz CT molecular complexity index is 1100. The van der Waals surface area contributed by atoms with Crippen LogP contribution in [-0.2, 0) is 20.9 Å².